The van der Waals surface area contributed by atoms with Gasteiger partial charge in [0, 0.05) is 12.6 Å². The molecule has 0 spiro atoms. The Morgan fingerprint density at radius 1 is 1.53 bits per heavy atom. The van der Waals surface area contributed by atoms with Crippen molar-refractivity contribution >= 4 is 5.91 Å². The molecular weight excluding hydrogens is 192 g/mol. The number of nitrogens with one attached hydrogen (secondary N) is 1. The summed E-state index contributed by atoms with van der Waals surface area (Å²) >= 11 is 0. The number of nitrogens with two attached hydrogens (primary N) is 1. The van der Waals surface area contributed by atoms with E-state index in [0.717, 1.165) is 12.8 Å². The lowest BCUT2D eigenvalue weighted by molar-refractivity contribution is -0.131. The first-order valence-electron chi connectivity index (χ1n) is 5.54. The topological polar surface area (TPSA) is 64.3 Å². The zero-order chi connectivity index (χ0) is 11.9. The van der Waals surface area contributed by atoms with Gasteiger partial charge >= 0.3 is 0 Å². The van der Waals surface area contributed by atoms with Crippen molar-refractivity contribution in [1.29, 1.82) is 0 Å². The van der Waals surface area contributed by atoms with E-state index in [1.54, 1.807) is 0 Å². The zero-order valence-electron chi connectivity index (χ0n) is 10.3. The third kappa shape index (κ3) is 7.33. The molecule has 0 heterocycles. The van der Waals surface area contributed by atoms with Crippen molar-refractivity contribution in [1.82, 2.24) is 5.32 Å². The van der Waals surface area contributed by atoms with Gasteiger partial charge in [-0.15, -0.1) is 0 Å². The summed E-state index contributed by atoms with van der Waals surface area (Å²) in [5, 5.41) is 2.87. The van der Waals surface area contributed by atoms with Gasteiger partial charge in [0.1, 0.15) is 6.61 Å². The molecule has 0 fully saturated rings. The summed E-state index contributed by atoms with van der Waals surface area (Å²) in [4.78, 5) is 11.4. The van der Waals surface area contributed by atoms with Crippen molar-refractivity contribution < 1.29 is 9.53 Å². The van der Waals surface area contributed by atoms with Crippen LogP contribution in [0.15, 0.2) is 0 Å². The van der Waals surface area contributed by atoms with Gasteiger partial charge in [-0.1, -0.05) is 13.3 Å². The molecule has 0 aromatic rings. The number of hydrogen-bond acceptors (Lipinski definition) is 3. The summed E-state index contributed by atoms with van der Waals surface area (Å²) in [5.74, 6) is -0.0718. The quantitative estimate of drug-likeness (QED) is 0.668. The lowest BCUT2D eigenvalue weighted by atomic mass is 10.1. The van der Waals surface area contributed by atoms with Gasteiger partial charge in [0.2, 0.25) is 5.91 Å². The molecule has 0 aliphatic carbocycles. The van der Waals surface area contributed by atoms with Crippen LogP contribution in [0.3, 0.4) is 0 Å². The Morgan fingerprint density at radius 2 is 2.13 bits per heavy atom. The van der Waals surface area contributed by atoms with Crippen LogP contribution in [0.1, 0.15) is 40.5 Å². The number of ether oxygens (including phenoxy) is 1. The minimum absolute atomic E-state index is 0.0718. The predicted octanol–water partition coefficient (Wildman–Crippen LogP) is 1.05. The second-order valence-corrected chi connectivity index (χ2v) is 4.51. The maximum atomic E-state index is 11.4. The van der Waals surface area contributed by atoms with Gasteiger partial charge in [-0.05, 0) is 27.2 Å². The molecule has 4 heteroatoms. The molecule has 0 aromatic heterocycles. The molecule has 3 N–H and O–H groups in total. The zero-order valence-corrected chi connectivity index (χ0v) is 10.3. The maximum absolute atomic E-state index is 11.4. The van der Waals surface area contributed by atoms with E-state index < -0.39 is 5.60 Å². The monoisotopic (exact) mass is 216 g/mol. The van der Waals surface area contributed by atoms with Crippen LogP contribution in [0.5, 0.6) is 0 Å². The van der Waals surface area contributed by atoms with Crippen LogP contribution in [-0.4, -0.2) is 30.7 Å². The fourth-order valence-electron chi connectivity index (χ4n) is 1.14. The molecular formula is C11H24N2O2. The van der Waals surface area contributed by atoms with Gasteiger partial charge < -0.3 is 15.8 Å². The van der Waals surface area contributed by atoms with Gasteiger partial charge in [0.15, 0.2) is 0 Å². The Balaban J connectivity index is 3.75. The number of amides is 1. The van der Waals surface area contributed by atoms with Crippen LogP contribution in [-0.2, 0) is 9.53 Å². The molecule has 0 saturated carbocycles. The van der Waals surface area contributed by atoms with Crippen LogP contribution in [0.2, 0.25) is 0 Å². The normalized spacial score (nSPS) is 13.7. The Hall–Kier alpha value is -0.610. The highest BCUT2D eigenvalue weighted by Gasteiger charge is 2.17. The lowest BCUT2D eigenvalue weighted by Gasteiger charge is -2.23. The largest absolute Gasteiger partial charge is 0.364 e. The van der Waals surface area contributed by atoms with E-state index in [2.05, 4.69) is 12.2 Å². The fraction of sp³-hybridized carbons (Fsp3) is 0.909. The minimum Gasteiger partial charge on any atom is -0.364 e. The SMILES string of the molecule is CCCC(C)NC(=O)COC(C)(C)CN. The molecule has 0 bridgehead atoms. The number of carbonyl (C=O) groups is 1. The Kier molecular flexibility index (Phi) is 6.52. The van der Waals surface area contributed by atoms with Crippen LogP contribution in [0.4, 0.5) is 0 Å². The smallest absolute Gasteiger partial charge is 0.246 e. The first-order chi connectivity index (χ1) is 6.91. The third-order valence-corrected chi connectivity index (χ3v) is 2.21. The Labute approximate surface area is 92.6 Å². The molecule has 0 saturated heterocycles. The van der Waals surface area contributed by atoms with Crippen molar-refractivity contribution in [3.8, 4) is 0 Å². The summed E-state index contributed by atoms with van der Waals surface area (Å²) in [5.41, 5.74) is 5.06. The molecule has 1 unspecified atom stereocenters. The van der Waals surface area contributed by atoms with Gasteiger partial charge in [0.05, 0.1) is 5.60 Å². The summed E-state index contributed by atoms with van der Waals surface area (Å²) in [7, 11) is 0. The molecule has 0 radical (unpaired) electrons. The molecule has 90 valence electrons. The van der Waals surface area contributed by atoms with E-state index in [1.165, 1.54) is 0 Å². The van der Waals surface area contributed by atoms with Crippen LogP contribution in [0.25, 0.3) is 0 Å². The minimum atomic E-state index is -0.425. The number of carbonyl (C=O) groups excluding carboxylic acids is 1. The number of rotatable bonds is 7. The van der Waals surface area contributed by atoms with Crippen molar-refractivity contribution in [3.05, 3.63) is 0 Å². The molecule has 15 heavy (non-hydrogen) atoms. The van der Waals surface area contributed by atoms with Gasteiger partial charge in [-0.3, -0.25) is 4.79 Å². The van der Waals surface area contributed by atoms with Crippen molar-refractivity contribution in [2.75, 3.05) is 13.2 Å². The maximum Gasteiger partial charge on any atom is 0.246 e. The van der Waals surface area contributed by atoms with E-state index in [0.29, 0.717) is 6.54 Å². The van der Waals surface area contributed by atoms with Crippen LogP contribution in [0, 0.1) is 0 Å². The summed E-state index contributed by atoms with van der Waals surface area (Å²) in [6, 6.07) is 0.215. The van der Waals surface area contributed by atoms with Crippen molar-refractivity contribution in [2.45, 2.75) is 52.2 Å². The average molecular weight is 216 g/mol. The van der Waals surface area contributed by atoms with Crippen LogP contribution < -0.4 is 11.1 Å². The molecule has 1 atom stereocenters. The van der Waals surface area contributed by atoms with Gasteiger partial charge in [-0.2, -0.15) is 0 Å². The molecule has 1 amide bonds. The highest BCUT2D eigenvalue weighted by molar-refractivity contribution is 5.77. The Bertz CT molecular complexity index is 193. The van der Waals surface area contributed by atoms with Gasteiger partial charge in [0.25, 0.3) is 0 Å². The molecule has 4 nitrogen and oxygen atoms in total. The Morgan fingerprint density at radius 3 is 2.60 bits per heavy atom. The predicted molar refractivity (Wildman–Crippen MR) is 61.6 cm³/mol. The van der Waals surface area contributed by atoms with E-state index in [9.17, 15) is 4.79 Å². The van der Waals surface area contributed by atoms with E-state index in [1.807, 2.05) is 20.8 Å². The molecule has 0 aromatic carbocycles. The van der Waals surface area contributed by atoms with Crippen LogP contribution >= 0.6 is 0 Å². The summed E-state index contributed by atoms with van der Waals surface area (Å²) in [6.07, 6.45) is 2.06. The van der Waals surface area contributed by atoms with Gasteiger partial charge in [-0.25, -0.2) is 0 Å². The highest BCUT2D eigenvalue weighted by Crippen LogP contribution is 2.05. The van der Waals surface area contributed by atoms with E-state index in [4.69, 9.17) is 10.5 Å². The average Bonchev–Trinajstić information content (AvgIpc) is 2.15. The van der Waals surface area contributed by atoms with Crippen molar-refractivity contribution in [2.24, 2.45) is 5.73 Å². The first-order valence-corrected chi connectivity index (χ1v) is 5.54. The van der Waals surface area contributed by atoms with E-state index in [-0.39, 0.29) is 18.6 Å². The molecule has 0 rings (SSSR count). The molecule has 0 aliphatic rings. The fourth-order valence-corrected chi connectivity index (χ4v) is 1.14. The second-order valence-electron chi connectivity index (χ2n) is 4.51. The first kappa shape index (κ1) is 14.4. The lowest BCUT2D eigenvalue weighted by Crippen LogP contribution is -2.40. The standard InChI is InChI=1S/C11H24N2O2/c1-5-6-9(2)13-10(14)7-15-11(3,4)8-12/h9H,5-8,12H2,1-4H3,(H,13,14). The van der Waals surface area contributed by atoms with Crippen molar-refractivity contribution in [3.63, 3.8) is 0 Å². The third-order valence-electron chi connectivity index (χ3n) is 2.21. The summed E-state index contributed by atoms with van der Waals surface area (Å²) < 4.78 is 5.38. The molecule has 0 aliphatic heterocycles. The highest BCUT2D eigenvalue weighted by atomic mass is 16.5. The number of hydrogen-bond donors (Lipinski definition) is 2. The van der Waals surface area contributed by atoms with E-state index >= 15 is 0 Å². The summed E-state index contributed by atoms with van der Waals surface area (Å²) in [6.45, 7) is 8.32. The second kappa shape index (κ2) is 6.80.